The van der Waals surface area contributed by atoms with Crippen molar-refractivity contribution < 1.29 is 0 Å². The first-order valence-corrected chi connectivity index (χ1v) is 4.82. The van der Waals surface area contributed by atoms with E-state index in [1.54, 1.807) is 0 Å². The molecule has 0 nitrogen and oxygen atoms in total. The lowest BCUT2D eigenvalue weighted by Gasteiger charge is -2.05. The van der Waals surface area contributed by atoms with Crippen LogP contribution in [0.3, 0.4) is 0 Å². The van der Waals surface area contributed by atoms with Gasteiger partial charge in [-0.1, -0.05) is 63.1 Å². The normalized spacial score (nSPS) is 10.3. The van der Waals surface area contributed by atoms with Crippen LogP contribution in [-0.2, 0) is 0 Å². The van der Waals surface area contributed by atoms with E-state index >= 15 is 0 Å². The molecule has 13 heavy (non-hydrogen) atoms. The summed E-state index contributed by atoms with van der Waals surface area (Å²) in [6.07, 6.45) is 0. The van der Waals surface area contributed by atoms with Crippen molar-refractivity contribution in [2.75, 3.05) is 0 Å². The van der Waals surface area contributed by atoms with Crippen molar-refractivity contribution in [1.82, 2.24) is 0 Å². The molecule has 74 valence electrons. The summed E-state index contributed by atoms with van der Waals surface area (Å²) in [6, 6.07) is 8.48. The Morgan fingerprint density at radius 1 is 0.692 bits per heavy atom. The summed E-state index contributed by atoms with van der Waals surface area (Å²) in [5.74, 6) is 0. The van der Waals surface area contributed by atoms with Crippen LogP contribution in [0.5, 0.6) is 0 Å². The molecule has 0 aliphatic carbocycles. The lowest BCUT2D eigenvalue weighted by atomic mass is 10.0. The molecule has 0 fully saturated rings. The zero-order valence-corrected chi connectivity index (χ0v) is 9.81. The highest BCUT2D eigenvalue weighted by Crippen LogP contribution is 2.08. The van der Waals surface area contributed by atoms with Crippen LogP contribution in [0.1, 0.15) is 38.8 Å². The average molecular weight is 178 g/mol. The highest BCUT2D eigenvalue weighted by molar-refractivity contribution is 5.19. The summed E-state index contributed by atoms with van der Waals surface area (Å²) < 4.78 is 0. The van der Waals surface area contributed by atoms with Crippen LogP contribution in [0.15, 0.2) is 24.3 Å². The van der Waals surface area contributed by atoms with Crippen LogP contribution in [0.25, 0.3) is 0 Å². The molecule has 0 heterocycles. The van der Waals surface area contributed by atoms with Gasteiger partial charge in [-0.3, -0.25) is 0 Å². The van der Waals surface area contributed by atoms with E-state index in [2.05, 4.69) is 65.8 Å². The van der Waals surface area contributed by atoms with Gasteiger partial charge in [0, 0.05) is 0 Å². The molecular weight excluding hydrogens is 156 g/mol. The van der Waals surface area contributed by atoms with Crippen molar-refractivity contribution in [2.45, 2.75) is 41.5 Å². The second-order valence-corrected chi connectivity index (χ2v) is 5.15. The molecule has 0 aliphatic rings. The summed E-state index contributed by atoms with van der Waals surface area (Å²) in [5.41, 5.74) is 3.16. The third kappa shape index (κ3) is 11.2. The van der Waals surface area contributed by atoms with Crippen molar-refractivity contribution >= 4 is 0 Å². The topological polar surface area (TPSA) is 0 Å². The smallest absolute Gasteiger partial charge is 0.0398 e. The van der Waals surface area contributed by atoms with Crippen molar-refractivity contribution in [3.05, 3.63) is 35.4 Å². The maximum absolute atomic E-state index is 2.19. The molecule has 0 atom stereocenters. The molecule has 1 aromatic rings. The van der Waals surface area contributed by atoms with E-state index in [0.717, 1.165) is 0 Å². The Hall–Kier alpha value is -0.780. The second kappa shape index (κ2) is 5.06. The Balaban J connectivity index is 0.000000252. The molecular formula is C13H22. The van der Waals surface area contributed by atoms with Gasteiger partial charge in [-0.25, -0.2) is 0 Å². The highest BCUT2D eigenvalue weighted by Gasteiger charge is 1.95. The zero-order valence-electron chi connectivity index (χ0n) is 9.81. The Labute approximate surface area is 83.0 Å². The first-order valence-electron chi connectivity index (χ1n) is 4.82. The Morgan fingerprint density at radius 3 is 1.00 bits per heavy atom. The molecule has 0 bridgehead atoms. The molecule has 0 amide bonds. The minimum Gasteiger partial charge on any atom is -0.0604 e. The minimum atomic E-state index is 0.500. The summed E-state index contributed by atoms with van der Waals surface area (Å²) >= 11 is 0. The predicted octanol–water partition coefficient (Wildman–Crippen LogP) is 4.36. The lowest BCUT2D eigenvalue weighted by molar-refractivity contribution is 0.469. The SMILES string of the molecule is CC(C)(C)C.Cc1ccc(C)cc1. The molecule has 0 saturated heterocycles. The monoisotopic (exact) mass is 178 g/mol. The van der Waals surface area contributed by atoms with Crippen LogP contribution in [-0.4, -0.2) is 0 Å². The molecule has 0 N–H and O–H groups in total. The Morgan fingerprint density at radius 2 is 0.846 bits per heavy atom. The third-order valence-corrected chi connectivity index (χ3v) is 1.22. The number of hydrogen-bond donors (Lipinski definition) is 0. The second-order valence-electron chi connectivity index (χ2n) is 5.15. The molecule has 0 saturated carbocycles. The molecule has 0 unspecified atom stereocenters. The van der Waals surface area contributed by atoms with Crippen molar-refractivity contribution in [2.24, 2.45) is 5.41 Å². The quantitative estimate of drug-likeness (QED) is 0.554. The van der Waals surface area contributed by atoms with Crippen LogP contribution in [0.4, 0.5) is 0 Å². The number of benzene rings is 1. The molecule has 1 aromatic carbocycles. The maximum atomic E-state index is 2.19. The predicted molar refractivity (Wildman–Crippen MR) is 61.0 cm³/mol. The van der Waals surface area contributed by atoms with Crippen LogP contribution in [0, 0.1) is 19.3 Å². The fourth-order valence-corrected chi connectivity index (χ4v) is 0.637. The zero-order chi connectivity index (χ0) is 10.5. The summed E-state index contributed by atoms with van der Waals surface area (Å²) in [7, 11) is 0. The summed E-state index contributed by atoms with van der Waals surface area (Å²) in [4.78, 5) is 0. The van der Waals surface area contributed by atoms with E-state index in [4.69, 9.17) is 0 Å². The van der Waals surface area contributed by atoms with Gasteiger partial charge in [0.25, 0.3) is 0 Å². The molecule has 1 rings (SSSR count). The largest absolute Gasteiger partial charge is 0.0604 e. The van der Waals surface area contributed by atoms with Crippen LogP contribution >= 0.6 is 0 Å². The third-order valence-electron chi connectivity index (χ3n) is 1.22. The van der Waals surface area contributed by atoms with Crippen LogP contribution < -0.4 is 0 Å². The molecule has 0 heteroatoms. The van der Waals surface area contributed by atoms with E-state index in [1.807, 2.05) is 0 Å². The Kier molecular flexibility index (Phi) is 4.76. The van der Waals surface area contributed by atoms with Gasteiger partial charge < -0.3 is 0 Å². The summed E-state index contributed by atoms with van der Waals surface area (Å²) in [5, 5.41) is 0. The number of aryl methyl sites for hydroxylation is 2. The fraction of sp³-hybridized carbons (Fsp3) is 0.538. The average Bonchev–Trinajstić information content (AvgIpc) is 1.92. The molecule has 0 radical (unpaired) electrons. The standard InChI is InChI=1S/C8H10.C5H12/c1-7-3-5-8(2)6-4-7;1-5(2,3)4/h3-6H,1-2H3;1-4H3. The van der Waals surface area contributed by atoms with Gasteiger partial charge in [0.2, 0.25) is 0 Å². The number of hydrogen-bond acceptors (Lipinski definition) is 0. The number of rotatable bonds is 0. The van der Waals surface area contributed by atoms with Gasteiger partial charge in [0.1, 0.15) is 0 Å². The van der Waals surface area contributed by atoms with Gasteiger partial charge in [-0.05, 0) is 19.3 Å². The van der Waals surface area contributed by atoms with Gasteiger partial charge in [-0.15, -0.1) is 0 Å². The lowest BCUT2D eigenvalue weighted by Crippen LogP contribution is -1.93. The summed E-state index contributed by atoms with van der Waals surface area (Å²) in [6.45, 7) is 12.9. The van der Waals surface area contributed by atoms with E-state index in [9.17, 15) is 0 Å². The maximum Gasteiger partial charge on any atom is -0.0398 e. The van der Waals surface area contributed by atoms with Gasteiger partial charge in [0.15, 0.2) is 0 Å². The van der Waals surface area contributed by atoms with Gasteiger partial charge >= 0.3 is 0 Å². The molecule has 0 aliphatic heterocycles. The molecule has 0 aromatic heterocycles. The van der Waals surface area contributed by atoms with E-state index in [1.165, 1.54) is 11.1 Å². The van der Waals surface area contributed by atoms with Crippen molar-refractivity contribution in [1.29, 1.82) is 0 Å². The first kappa shape index (κ1) is 12.2. The van der Waals surface area contributed by atoms with Crippen LogP contribution in [0.2, 0.25) is 0 Å². The van der Waals surface area contributed by atoms with E-state index in [-0.39, 0.29) is 0 Å². The molecule has 0 spiro atoms. The first-order chi connectivity index (χ1) is 5.79. The van der Waals surface area contributed by atoms with E-state index < -0.39 is 0 Å². The Bertz CT molecular complexity index is 196. The minimum absolute atomic E-state index is 0.500. The van der Waals surface area contributed by atoms with Crippen molar-refractivity contribution in [3.63, 3.8) is 0 Å². The van der Waals surface area contributed by atoms with Gasteiger partial charge in [-0.2, -0.15) is 0 Å². The van der Waals surface area contributed by atoms with Crippen molar-refractivity contribution in [3.8, 4) is 0 Å². The van der Waals surface area contributed by atoms with E-state index in [0.29, 0.717) is 5.41 Å². The fourth-order valence-electron chi connectivity index (χ4n) is 0.637. The van der Waals surface area contributed by atoms with Gasteiger partial charge in [0.05, 0.1) is 0 Å². The highest BCUT2D eigenvalue weighted by atomic mass is 14.0.